The SMILES string of the molecule is CCOC(=O)c1cc(F)cnc1NCCOc1ccc(F)cc1. The van der Waals surface area contributed by atoms with Gasteiger partial charge in [-0.15, -0.1) is 0 Å². The Kier molecular flexibility index (Phi) is 5.85. The molecule has 0 bridgehead atoms. The zero-order valence-corrected chi connectivity index (χ0v) is 12.5. The minimum atomic E-state index is -0.651. The molecule has 23 heavy (non-hydrogen) atoms. The summed E-state index contributed by atoms with van der Waals surface area (Å²) in [6.45, 7) is 2.42. The second-order valence-electron chi connectivity index (χ2n) is 4.50. The summed E-state index contributed by atoms with van der Waals surface area (Å²) < 4.78 is 36.3. The lowest BCUT2D eigenvalue weighted by molar-refractivity contribution is 0.0526. The maximum absolute atomic E-state index is 13.2. The van der Waals surface area contributed by atoms with E-state index >= 15 is 0 Å². The van der Waals surface area contributed by atoms with E-state index in [4.69, 9.17) is 9.47 Å². The Bertz CT molecular complexity index is 663. The first-order valence-electron chi connectivity index (χ1n) is 7.05. The number of aromatic nitrogens is 1. The van der Waals surface area contributed by atoms with Crippen LogP contribution in [0.3, 0.4) is 0 Å². The van der Waals surface area contributed by atoms with Crippen LogP contribution < -0.4 is 10.1 Å². The zero-order chi connectivity index (χ0) is 16.7. The first-order chi connectivity index (χ1) is 11.1. The van der Waals surface area contributed by atoms with Crippen LogP contribution in [0.4, 0.5) is 14.6 Å². The lowest BCUT2D eigenvalue weighted by atomic mass is 10.2. The second-order valence-corrected chi connectivity index (χ2v) is 4.50. The third kappa shape index (κ3) is 4.91. The van der Waals surface area contributed by atoms with Crippen LogP contribution in [0.1, 0.15) is 17.3 Å². The van der Waals surface area contributed by atoms with Crippen LogP contribution in [-0.4, -0.2) is 30.7 Å². The van der Waals surface area contributed by atoms with Gasteiger partial charge in [0.25, 0.3) is 0 Å². The topological polar surface area (TPSA) is 60.5 Å². The Morgan fingerprint density at radius 2 is 1.96 bits per heavy atom. The third-order valence-electron chi connectivity index (χ3n) is 2.83. The molecule has 0 amide bonds. The van der Waals surface area contributed by atoms with E-state index in [1.54, 1.807) is 6.92 Å². The molecule has 0 aliphatic heterocycles. The van der Waals surface area contributed by atoms with Crippen LogP contribution in [0.25, 0.3) is 0 Å². The van der Waals surface area contributed by atoms with Gasteiger partial charge in [0.05, 0.1) is 19.3 Å². The number of ether oxygens (including phenoxy) is 2. The first kappa shape index (κ1) is 16.7. The third-order valence-corrected chi connectivity index (χ3v) is 2.83. The Balaban J connectivity index is 1.92. The molecule has 1 aromatic heterocycles. The number of esters is 1. The van der Waals surface area contributed by atoms with Crippen molar-refractivity contribution in [2.45, 2.75) is 6.92 Å². The van der Waals surface area contributed by atoms with Crippen LogP contribution in [0.5, 0.6) is 5.75 Å². The molecule has 1 aromatic carbocycles. The highest BCUT2D eigenvalue weighted by Gasteiger charge is 2.15. The summed E-state index contributed by atoms with van der Waals surface area (Å²) in [5, 5.41) is 2.88. The van der Waals surface area contributed by atoms with Crippen molar-refractivity contribution in [3.05, 3.63) is 53.7 Å². The fraction of sp³-hybridized carbons (Fsp3) is 0.250. The summed E-state index contributed by atoms with van der Waals surface area (Å²) in [6.07, 6.45) is 1.01. The predicted octanol–water partition coefficient (Wildman–Crippen LogP) is 3.03. The van der Waals surface area contributed by atoms with Gasteiger partial charge in [-0.2, -0.15) is 0 Å². The number of pyridine rings is 1. The molecule has 0 unspecified atom stereocenters. The summed E-state index contributed by atoms with van der Waals surface area (Å²) in [5.74, 6) is -0.883. The quantitative estimate of drug-likeness (QED) is 0.627. The zero-order valence-electron chi connectivity index (χ0n) is 12.5. The molecule has 7 heteroatoms. The molecule has 122 valence electrons. The minimum Gasteiger partial charge on any atom is -0.492 e. The maximum atomic E-state index is 13.2. The molecular weight excluding hydrogens is 306 g/mol. The average Bonchev–Trinajstić information content (AvgIpc) is 2.54. The smallest absolute Gasteiger partial charge is 0.341 e. The lowest BCUT2D eigenvalue weighted by Crippen LogP contribution is -2.16. The standard InChI is InChI=1S/C16H16F2N2O3/c1-2-22-16(21)14-9-12(18)10-20-15(14)19-7-8-23-13-5-3-11(17)4-6-13/h3-6,9-10H,2,7-8H2,1H3,(H,19,20). The normalized spacial score (nSPS) is 10.2. The van der Waals surface area contributed by atoms with Gasteiger partial charge < -0.3 is 14.8 Å². The Labute approximate surface area is 132 Å². The van der Waals surface area contributed by atoms with E-state index < -0.39 is 11.8 Å². The van der Waals surface area contributed by atoms with Crippen LogP contribution in [-0.2, 0) is 4.74 Å². The van der Waals surface area contributed by atoms with Crippen LogP contribution >= 0.6 is 0 Å². The summed E-state index contributed by atoms with van der Waals surface area (Å²) in [5.41, 5.74) is 0.0219. The highest BCUT2D eigenvalue weighted by Crippen LogP contribution is 2.15. The largest absolute Gasteiger partial charge is 0.492 e. The fourth-order valence-corrected chi connectivity index (χ4v) is 1.81. The summed E-state index contributed by atoms with van der Waals surface area (Å²) in [7, 11) is 0. The molecule has 0 aliphatic rings. The highest BCUT2D eigenvalue weighted by atomic mass is 19.1. The number of hydrogen-bond acceptors (Lipinski definition) is 5. The minimum absolute atomic E-state index is 0.0219. The van der Waals surface area contributed by atoms with Crippen molar-refractivity contribution in [2.75, 3.05) is 25.1 Å². The fourth-order valence-electron chi connectivity index (χ4n) is 1.81. The number of benzene rings is 1. The van der Waals surface area contributed by atoms with Crippen molar-refractivity contribution in [3.63, 3.8) is 0 Å². The molecular formula is C16H16F2N2O3. The molecule has 1 N–H and O–H groups in total. The molecule has 0 aliphatic carbocycles. The summed E-state index contributed by atoms with van der Waals surface area (Å²) in [4.78, 5) is 15.6. The Hall–Kier alpha value is -2.70. The van der Waals surface area contributed by atoms with Crippen molar-refractivity contribution >= 4 is 11.8 Å². The van der Waals surface area contributed by atoms with Crippen molar-refractivity contribution in [2.24, 2.45) is 0 Å². The van der Waals surface area contributed by atoms with Gasteiger partial charge in [0.15, 0.2) is 0 Å². The van der Waals surface area contributed by atoms with Gasteiger partial charge in [0.2, 0.25) is 0 Å². The van der Waals surface area contributed by atoms with Crippen LogP contribution in [0, 0.1) is 11.6 Å². The maximum Gasteiger partial charge on any atom is 0.341 e. The van der Waals surface area contributed by atoms with Crippen molar-refractivity contribution in [3.8, 4) is 5.75 Å². The molecule has 0 fully saturated rings. The Morgan fingerprint density at radius 1 is 1.22 bits per heavy atom. The number of carbonyl (C=O) groups is 1. The average molecular weight is 322 g/mol. The van der Waals surface area contributed by atoms with Gasteiger partial charge in [-0.3, -0.25) is 0 Å². The number of halogens is 2. The molecule has 0 radical (unpaired) electrons. The predicted molar refractivity (Wildman–Crippen MR) is 80.5 cm³/mol. The van der Waals surface area contributed by atoms with Crippen molar-refractivity contribution < 1.29 is 23.0 Å². The first-order valence-corrected chi connectivity index (χ1v) is 7.05. The van der Waals surface area contributed by atoms with E-state index in [9.17, 15) is 13.6 Å². The van der Waals surface area contributed by atoms with E-state index in [1.807, 2.05) is 0 Å². The summed E-state index contributed by atoms with van der Waals surface area (Å²) in [6, 6.07) is 6.67. The molecule has 0 saturated carbocycles. The number of nitrogens with one attached hydrogen (secondary N) is 1. The van der Waals surface area contributed by atoms with Gasteiger partial charge >= 0.3 is 5.97 Å². The molecule has 0 spiro atoms. The molecule has 1 heterocycles. The Morgan fingerprint density at radius 3 is 2.65 bits per heavy atom. The highest BCUT2D eigenvalue weighted by molar-refractivity contribution is 5.94. The van der Waals surface area contributed by atoms with Crippen LogP contribution in [0.15, 0.2) is 36.5 Å². The molecule has 0 saturated heterocycles. The monoisotopic (exact) mass is 322 g/mol. The van der Waals surface area contributed by atoms with E-state index in [2.05, 4.69) is 10.3 Å². The van der Waals surface area contributed by atoms with Gasteiger partial charge in [-0.05, 0) is 37.3 Å². The summed E-state index contributed by atoms with van der Waals surface area (Å²) >= 11 is 0. The lowest BCUT2D eigenvalue weighted by Gasteiger charge is -2.11. The van der Waals surface area contributed by atoms with Crippen molar-refractivity contribution in [1.82, 2.24) is 4.98 Å². The van der Waals surface area contributed by atoms with Gasteiger partial charge in [-0.1, -0.05) is 0 Å². The molecule has 2 aromatic rings. The van der Waals surface area contributed by atoms with Crippen LogP contribution in [0.2, 0.25) is 0 Å². The van der Waals surface area contributed by atoms with Gasteiger partial charge in [0, 0.05) is 0 Å². The number of carbonyl (C=O) groups excluding carboxylic acids is 1. The van der Waals surface area contributed by atoms with Crippen molar-refractivity contribution in [1.29, 1.82) is 0 Å². The number of rotatable bonds is 7. The number of hydrogen-bond donors (Lipinski definition) is 1. The van der Waals surface area contributed by atoms with E-state index in [1.165, 1.54) is 24.3 Å². The van der Waals surface area contributed by atoms with Gasteiger partial charge in [0.1, 0.15) is 35.4 Å². The molecule has 2 rings (SSSR count). The molecule has 0 atom stereocenters. The number of anilines is 1. The van der Waals surface area contributed by atoms with E-state index in [0.29, 0.717) is 12.3 Å². The van der Waals surface area contributed by atoms with Gasteiger partial charge in [-0.25, -0.2) is 18.6 Å². The van der Waals surface area contributed by atoms with E-state index in [0.717, 1.165) is 12.3 Å². The van der Waals surface area contributed by atoms with E-state index in [-0.39, 0.29) is 30.4 Å². The number of nitrogens with zero attached hydrogens (tertiary/aromatic N) is 1. The second kappa shape index (κ2) is 8.07. The molecule has 5 nitrogen and oxygen atoms in total.